The maximum absolute atomic E-state index is 13.8. The van der Waals surface area contributed by atoms with E-state index in [1.54, 1.807) is 23.5 Å². The summed E-state index contributed by atoms with van der Waals surface area (Å²) in [6.45, 7) is 3.21. The van der Waals surface area contributed by atoms with Crippen molar-refractivity contribution in [3.8, 4) is 6.07 Å². The lowest BCUT2D eigenvalue weighted by molar-refractivity contribution is 0.585. The van der Waals surface area contributed by atoms with Crippen LogP contribution >= 0.6 is 11.3 Å². The largest absolute Gasteiger partial charge is 0.308 e. The fraction of sp³-hybridized carbons (Fsp3) is 0.214. The predicted molar refractivity (Wildman–Crippen MR) is 70.7 cm³/mol. The number of nitriles is 1. The molecule has 2 aromatic rings. The highest BCUT2D eigenvalue weighted by atomic mass is 32.1. The number of benzene rings is 1. The molecule has 18 heavy (non-hydrogen) atoms. The van der Waals surface area contributed by atoms with Crippen LogP contribution in [0.15, 0.2) is 29.6 Å². The van der Waals surface area contributed by atoms with Crippen molar-refractivity contribution in [2.45, 2.75) is 20.0 Å². The molecule has 0 saturated heterocycles. The molecular formula is C14H13FN2S. The van der Waals surface area contributed by atoms with Gasteiger partial charge in [0, 0.05) is 23.5 Å². The van der Waals surface area contributed by atoms with Crippen LogP contribution in [0.1, 0.15) is 21.6 Å². The highest BCUT2D eigenvalue weighted by molar-refractivity contribution is 7.10. The van der Waals surface area contributed by atoms with Gasteiger partial charge in [0.1, 0.15) is 11.9 Å². The van der Waals surface area contributed by atoms with Crippen LogP contribution < -0.4 is 5.32 Å². The lowest BCUT2D eigenvalue weighted by atomic mass is 10.1. The molecule has 0 spiro atoms. The standard InChI is InChI=1S/C14H13FN2S/c1-10-5-6-18-13(10)9-17-8-12-4-2-3-11(7-16)14(12)15/h2-6,17H,8-9H2,1H3. The van der Waals surface area contributed by atoms with Gasteiger partial charge < -0.3 is 5.32 Å². The van der Waals surface area contributed by atoms with Crippen LogP contribution in [0, 0.1) is 24.1 Å². The lowest BCUT2D eigenvalue weighted by Crippen LogP contribution is -2.13. The van der Waals surface area contributed by atoms with Gasteiger partial charge in [-0.1, -0.05) is 12.1 Å². The van der Waals surface area contributed by atoms with Gasteiger partial charge in [-0.05, 0) is 30.0 Å². The van der Waals surface area contributed by atoms with E-state index in [0.29, 0.717) is 12.1 Å². The second-order valence-corrected chi connectivity index (χ2v) is 5.02. The average molecular weight is 260 g/mol. The molecule has 0 unspecified atom stereocenters. The van der Waals surface area contributed by atoms with E-state index < -0.39 is 5.82 Å². The van der Waals surface area contributed by atoms with E-state index in [2.05, 4.69) is 18.3 Å². The van der Waals surface area contributed by atoms with Gasteiger partial charge in [-0.25, -0.2) is 4.39 Å². The highest BCUT2D eigenvalue weighted by Crippen LogP contribution is 2.16. The first-order valence-corrected chi connectivity index (χ1v) is 6.51. The van der Waals surface area contributed by atoms with Gasteiger partial charge in [-0.3, -0.25) is 0 Å². The Bertz CT molecular complexity index is 584. The molecule has 0 atom stereocenters. The van der Waals surface area contributed by atoms with E-state index >= 15 is 0 Å². The molecule has 0 aliphatic heterocycles. The zero-order valence-electron chi connectivity index (χ0n) is 10.0. The first-order chi connectivity index (χ1) is 8.72. The molecule has 0 amide bonds. The third kappa shape index (κ3) is 2.76. The number of hydrogen-bond acceptors (Lipinski definition) is 3. The van der Waals surface area contributed by atoms with Gasteiger partial charge in [0.25, 0.3) is 0 Å². The Morgan fingerprint density at radius 2 is 2.17 bits per heavy atom. The Hall–Kier alpha value is -1.70. The lowest BCUT2D eigenvalue weighted by Gasteiger charge is -2.06. The maximum atomic E-state index is 13.8. The zero-order chi connectivity index (χ0) is 13.0. The Labute approximate surface area is 110 Å². The van der Waals surface area contributed by atoms with Crippen LogP contribution in [-0.4, -0.2) is 0 Å². The summed E-state index contributed by atoms with van der Waals surface area (Å²) >= 11 is 1.69. The number of rotatable bonds is 4. The summed E-state index contributed by atoms with van der Waals surface area (Å²) in [6.07, 6.45) is 0. The first kappa shape index (κ1) is 12.7. The molecule has 0 aliphatic rings. The van der Waals surface area contributed by atoms with Crippen molar-refractivity contribution in [2.75, 3.05) is 0 Å². The van der Waals surface area contributed by atoms with Crippen LogP contribution in [0.4, 0.5) is 4.39 Å². The van der Waals surface area contributed by atoms with Crippen molar-refractivity contribution in [1.82, 2.24) is 5.32 Å². The minimum absolute atomic E-state index is 0.0987. The van der Waals surface area contributed by atoms with Crippen LogP contribution in [0.2, 0.25) is 0 Å². The molecule has 4 heteroatoms. The number of halogens is 1. The fourth-order valence-electron chi connectivity index (χ4n) is 1.70. The summed E-state index contributed by atoms with van der Waals surface area (Å²) in [5.74, 6) is -0.421. The van der Waals surface area contributed by atoms with Gasteiger partial charge in [-0.2, -0.15) is 5.26 Å². The van der Waals surface area contributed by atoms with Gasteiger partial charge in [0.05, 0.1) is 5.56 Å². The predicted octanol–water partition coefficient (Wildman–Crippen LogP) is 3.36. The first-order valence-electron chi connectivity index (χ1n) is 5.63. The van der Waals surface area contributed by atoms with E-state index in [0.717, 1.165) is 6.54 Å². The van der Waals surface area contributed by atoms with Gasteiger partial charge in [0.15, 0.2) is 0 Å². The van der Waals surface area contributed by atoms with Crippen LogP contribution in [0.5, 0.6) is 0 Å². The molecule has 0 bridgehead atoms. The van der Waals surface area contributed by atoms with Crippen molar-refractivity contribution in [1.29, 1.82) is 5.26 Å². The Morgan fingerprint density at radius 3 is 2.83 bits per heavy atom. The number of nitrogens with zero attached hydrogens (tertiary/aromatic N) is 1. The fourth-order valence-corrected chi connectivity index (χ4v) is 2.57. The van der Waals surface area contributed by atoms with E-state index in [9.17, 15) is 4.39 Å². The summed E-state index contributed by atoms with van der Waals surface area (Å²) in [6, 6.07) is 8.81. The van der Waals surface area contributed by atoms with Crippen molar-refractivity contribution < 1.29 is 4.39 Å². The van der Waals surface area contributed by atoms with Crippen LogP contribution in [0.3, 0.4) is 0 Å². The maximum Gasteiger partial charge on any atom is 0.145 e. The van der Waals surface area contributed by atoms with E-state index in [4.69, 9.17) is 5.26 Å². The van der Waals surface area contributed by atoms with E-state index in [1.165, 1.54) is 16.5 Å². The van der Waals surface area contributed by atoms with Gasteiger partial charge in [-0.15, -0.1) is 11.3 Å². The Kier molecular flexibility index (Phi) is 4.08. The van der Waals surface area contributed by atoms with E-state index in [1.807, 2.05) is 11.4 Å². The molecule has 2 rings (SSSR count). The van der Waals surface area contributed by atoms with Gasteiger partial charge >= 0.3 is 0 Å². The quantitative estimate of drug-likeness (QED) is 0.915. The molecule has 0 aliphatic carbocycles. The van der Waals surface area contributed by atoms with Crippen molar-refractivity contribution >= 4 is 11.3 Å². The average Bonchev–Trinajstić information content (AvgIpc) is 2.77. The smallest absolute Gasteiger partial charge is 0.145 e. The van der Waals surface area contributed by atoms with E-state index in [-0.39, 0.29) is 5.56 Å². The summed E-state index contributed by atoms with van der Waals surface area (Å²) < 4.78 is 13.8. The molecule has 0 fully saturated rings. The van der Waals surface area contributed by atoms with Crippen molar-refractivity contribution in [2.24, 2.45) is 0 Å². The number of thiophene rings is 1. The van der Waals surface area contributed by atoms with Crippen LogP contribution in [-0.2, 0) is 13.1 Å². The number of aryl methyl sites for hydroxylation is 1. The van der Waals surface area contributed by atoms with Gasteiger partial charge in [0.2, 0.25) is 0 Å². The molecule has 0 radical (unpaired) electrons. The topological polar surface area (TPSA) is 35.8 Å². The molecule has 1 aromatic heterocycles. The summed E-state index contributed by atoms with van der Waals surface area (Å²) in [7, 11) is 0. The molecule has 2 nitrogen and oxygen atoms in total. The molecule has 92 valence electrons. The normalized spacial score (nSPS) is 10.3. The van der Waals surface area contributed by atoms with Crippen molar-refractivity contribution in [3.05, 3.63) is 57.0 Å². The summed E-state index contributed by atoms with van der Waals surface area (Å²) in [5, 5.41) is 14.0. The SMILES string of the molecule is Cc1ccsc1CNCc1cccc(C#N)c1F. The zero-order valence-corrected chi connectivity index (χ0v) is 10.9. The molecular weight excluding hydrogens is 247 g/mol. The third-order valence-electron chi connectivity index (χ3n) is 2.77. The minimum Gasteiger partial charge on any atom is -0.308 e. The summed E-state index contributed by atoms with van der Waals surface area (Å²) in [4.78, 5) is 1.26. The molecule has 1 N–H and O–H groups in total. The Morgan fingerprint density at radius 1 is 1.33 bits per heavy atom. The third-order valence-corrected chi connectivity index (χ3v) is 3.79. The Balaban J connectivity index is 1.99. The number of nitrogens with one attached hydrogen (secondary N) is 1. The highest BCUT2D eigenvalue weighted by Gasteiger charge is 2.07. The van der Waals surface area contributed by atoms with Crippen LogP contribution in [0.25, 0.3) is 0 Å². The molecule has 1 aromatic carbocycles. The van der Waals surface area contributed by atoms with Crippen molar-refractivity contribution in [3.63, 3.8) is 0 Å². The second kappa shape index (κ2) is 5.76. The molecule has 0 saturated carbocycles. The molecule has 1 heterocycles. The number of hydrogen-bond donors (Lipinski definition) is 1. The second-order valence-electron chi connectivity index (χ2n) is 4.02. The monoisotopic (exact) mass is 260 g/mol. The minimum atomic E-state index is -0.421. The summed E-state index contributed by atoms with van der Waals surface area (Å²) in [5.41, 5.74) is 1.88.